The van der Waals surface area contributed by atoms with Gasteiger partial charge in [-0.1, -0.05) is 315 Å². The largest absolute Gasteiger partial charge is 0.228 e. The number of rotatable bonds is 14. The molecule has 2 aromatic heterocycles. The Balaban J connectivity index is 0.997. The molecule has 0 unspecified atom stereocenters. The first-order valence-corrected chi connectivity index (χ1v) is 31.1. The number of benzene rings is 11. The van der Waals surface area contributed by atoms with Gasteiger partial charge in [-0.25, -0.2) is 24.9 Å². The maximum atomic E-state index is 5.55. The molecular formula is C73H53N5Si2. The molecule has 0 radical (unpaired) electrons. The zero-order valence-electron chi connectivity index (χ0n) is 43.8. The van der Waals surface area contributed by atoms with Crippen molar-refractivity contribution in [3.05, 3.63) is 322 Å². The Kier molecular flexibility index (Phi) is 13.7. The molecule has 11 aromatic carbocycles. The van der Waals surface area contributed by atoms with Gasteiger partial charge >= 0.3 is 0 Å². The van der Waals surface area contributed by atoms with E-state index in [1.54, 1.807) is 0 Å². The molecule has 378 valence electrons. The first kappa shape index (κ1) is 49.5. The lowest BCUT2D eigenvalue weighted by Crippen LogP contribution is -2.74. The van der Waals surface area contributed by atoms with E-state index in [9.17, 15) is 0 Å². The maximum absolute atomic E-state index is 5.55. The summed E-state index contributed by atoms with van der Waals surface area (Å²) in [5.41, 5.74) is 6.98. The number of hydrogen-bond acceptors (Lipinski definition) is 5. The molecule has 13 aromatic rings. The molecule has 0 bridgehead atoms. The van der Waals surface area contributed by atoms with Crippen LogP contribution < -0.4 is 41.5 Å². The minimum atomic E-state index is -2.89. The van der Waals surface area contributed by atoms with Crippen LogP contribution in [0.4, 0.5) is 0 Å². The van der Waals surface area contributed by atoms with Gasteiger partial charge in [0.15, 0.2) is 39.4 Å². The summed E-state index contributed by atoms with van der Waals surface area (Å²) < 4.78 is 0. The van der Waals surface area contributed by atoms with Gasteiger partial charge in [0.25, 0.3) is 0 Å². The van der Waals surface area contributed by atoms with Gasteiger partial charge in [-0.05, 0) is 47.6 Å². The van der Waals surface area contributed by atoms with Gasteiger partial charge in [0.05, 0.1) is 11.4 Å². The average Bonchev–Trinajstić information content (AvgIpc) is 3.71. The Bertz CT molecular complexity index is 3740. The third kappa shape index (κ3) is 9.30. The molecule has 0 fully saturated rings. The Morgan fingerprint density at radius 1 is 0.175 bits per heavy atom. The lowest BCUT2D eigenvalue weighted by molar-refractivity contribution is 1.07. The second kappa shape index (κ2) is 22.1. The summed E-state index contributed by atoms with van der Waals surface area (Å²) in [4.78, 5) is 27.1. The fourth-order valence-corrected chi connectivity index (χ4v) is 21.2. The molecule has 0 saturated heterocycles. The van der Waals surface area contributed by atoms with E-state index in [1.165, 1.54) is 41.5 Å². The fraction of sp³-hybridized carbons (Fsp3) is 0. The molecule has 2 heterocycles. The van der Waals surface area contributed by atoms with E-state index in [-0.39, 0.29) is 0 Å². The van der Waals surface area contributed by atoms with Gasteiger partial charge in [0.2, 0.25) is 0 Å². The van der Waals surface area contributed by atoms with Crippen LogP contribution in [0, 0.1) is 0 Å². The molecule has 0 aliphatic heterocycles. The van der Waals surface area contributed by atoms with Crippen LogP contribution in [-0.2, 0) is 0 Å². The Hall–Kier alpha value is -10.1. The lowest BCUT2D eigenvalue weighted by atomic mass is 10.0. The summed E-state index contributed by atoms with van der Waals surface area (Å²) in [6.07, 6.45) is 0. The molecule has 0 saturated carbocycles. The van der Waals surface area contributed by atoms with Crippen LogP contribution in [0.3, 0.4) is 0 Å². The number of hydrogen-bond donors (Lipinski definition) is 0. The van der Waals surface area contributed by atoms with Crippen molar-refractivity contribution in [2.75, 3.05) is 0 Å². The number of aromatic nitrogens is 5. The van der Waals surface area contributed by atoms with Gasteiger partial charge in [-0.2, -0.15) is 0 Å². The van der Waals surface area contributed by atoms with Crippen molar-refractivity contribution in [3.8, 4) is 68.1 Å². The van der Waals surface area contributed by atoms with Crippen molar-refractivity contribution in [1.82, 2.24) is 24.9 Å². The monoisotopic (exact) mass is 1060 g/mol. The molecule has 0 N–H and O–H groups in total. The Labute approximate surface area is 469 Å². The van der Waals surface area contributed by atoms with E-state index in [2.05, 4.69) is 285 Å². The molecule has 0 amide bonds. The molecule has 0 aliphatic carbocycles. The van der Waals surface area contributed by atoms with E-state index in [4.69, 9.17) is 24.9 Å². The van der Waals surface area contributed by atoms with Crippen molar-refractivity contribution in [2.24, 2.45) is 0 Å². The highest BCUT2D eigenvalue weighted by Gasteiger charge is 2.43. The zero-order chi connectivity index (χ0) is 53.6. The maximum Gasteiger partial charge on any atom is 0.179 e. The highest BCUT2D eigenvalue weighted by atomic mass is 28.3. The van der Waals surface area contributed by atoms with Crippen LogP contribution in [-0.4, -0.2) is 41.1 Å². The van der Waals surface area contributed by atoms with Gasteiger partial charge in [-0.3, -0.25) is 0 Å². The van der Waals surface area contributed by atoms with Gasteiger partial charge in [-0.15, -0.1) is 0 Å². The lowest BCUT2D eigenvalue weighted by Gasteiger charge is -2.34. The Morgan fingerprint density at radius 3 is 0.838 bits per heavy atom. The average molecular weight is 1060 g/mol. The van der Waals surface area contributed by atoms with Crippen molar-refractivity contribution in [3.63, 3.8) is 0 Å². The van der Waals surface area contributed by atoms with E-state index in [0.717, 1.165) is 44.8 Å². The summed E-state index contributed by atoms with van der Waals surface area (Å²) in [5, 5.41) is 10.3. The minimum absolute atomic E-state index is 0.522. The SMILES string of the molecule is c1ccc(-c2cc(-c3cccc([Si](c4ccccc4)(c4ccccc4)c4ccccc4)c3)nc(-c3ccccc3-c3nc(-c4ccccc4)nc(-c4cccc([Si](c5ccccc5)(c5ccccc5)c5ccccc5)c4)n3)n2)cc1. The second-order valence-electron chi connectivity index (χ2n) is 19.9. The van der Waals surface area contributed by atoms with Crippen molar-refractivity contribution >= 4 is 57.6 Å². The van der Waals surface area contributed by atoms with Gasteiger partial charge in [0, 0.05) is 33.4 Å². The summed E-state index contributed by atoms with van der Waals surface area (Å²) in [6.45, 7) is 0. The molecule has 13 rings (SSSR count). The predicted octanol–water partition coefficient (Wildman–Crippen LogP) is 11.4. The van der Waals surface area contributed by atoms with Crippen LogP contribution >= 0.6 is 0 Å². The summed E-state index contributed by atoms with van der Waals surface area (Å²) in [7, 11) is -5.76. The highest BCUT2D eigenvalue weighted by Crippen LogP contribution is 2.34. The zero-order valence-corrected chi connectivity index (χ0v) is 45.8. The quantitative estimate of drug-likeness (QED) is 0.0802. The van der Waals surface area contributed by atoms with Gasteiger partial charge < -0.3 is 0 Å². The smallest absolute Gasteiger partial charge is 0.179 e. The van der Waals surface area contributed by atoms with Gasteiger partial charge in [0.1, 0.15) is 0 Å². The molecule has 5 nitrogen and oxygen atoms in total. The first-order chi connectivity index (χ1) is 39.7. The van der Waals surface area contributed by atoms with Crippen molar-refractivity contribution < 1.29 is 0 Å². The van der Waals surface area contributed by atoms with E-state index >= 15 is 0 Å². The Morgan fingerprint density at radius 2 is 0.438 bits per heavy atom. The fourth-order valence-electron chi connectivity index (χ4n) is 11.6. The van der Waals surface area contributed by atoms with Crippen LogP contribution in [0.5, 0.6) is 0 Å². The van der Waals surface area contributed by atoms with Crippen molar-refractivity contribution in [2.45, 2.75) is 0 Å². The normalized spacial score (nSPS) is 11.5. The molecule has 80 heavy (non-hydrogen) atoms. The molecule has 0 spiro atoms. The third-order valence-corrected chi connectivity index (χ3v) is 24.8. The minimum Gasteiger partial charge on any atom is -0.228 e. The molecular weight excluding hydrogens is 1000 g/mol. The van der Waals surface area contributed by atoms with E-state index < -0.39 is 16.1 Å². The molecule has 0 atom stereocenters. The van der Waals surface area contributed by atoms with E-state index in [1.807, 2.05) is 36.4 Å². The summed E-state index contributed by atoms with van der Waals surface area (Å²) in [5.74, 6) is 2.23. The van der Waals surface area contributed by atoms with Crippen LogP contribution in [0.25, 0.3) is 68.1 Å². The number of nitrogens with zero attached hydrogens (tertiary/aromatic N) is 5. The first-order valence-electron chi connectivity index (χ1n) is 27.1. The van der Waals surface area contributed by atoms with Crippen molar-refractivity contribution in [1.29, 1.82) is 0 Å². The van der Waals surface area contributed by atoms with Crippen LogP contribution in [0.15, 0.2) is 322 Å². The predicted molar refractivity (Wildman–Crippen MR) is 335 cm³/mol. The van der Waals surface area contributed by atoms with Crippen LogP contribution in [0.2, 0.25) is 0 Å². The van der Waals surface area contributed by atoms with E-state index in [0.29, 0.717) is 23.3 Å². The standard InChI is InChI=1S/C73H53N5Si2/c1-9-29-54(30-10-1)68-53-69(56-33-27-47-64(51-56)79(58-35-13-3-14-36-58,59-37-15-4-16-38-59)60-39-17-5-18-40-60)75-72(74-68)66-49-25-26-50-67(66)73-77-70(55-31-11-2-12-32-55)76-71(78-73)57-34-28-48-65(52-57)80(61-41-19-6-20-42-61,62-43-21-7-22-44-62)63-45-23-8-24-46-63/h1-53H. The summed E-state index contributed by atoms with van der Waals surface area (Å²) >= 11 is 0. The molecule has 7 heteroatoms. The summed E-state index contributed by atoms with van der Waals surface area (Å²) in [6, 6.07) is 115. The third-order valence-electron chi connectivity index (χ3n) is 15.3. The van der Waals surface area contributed by atoms with Crippen LogP contribution in [0.1, 0.15) is 0 Å². The molecule has 0 aliphatic rings. The topological polar surface area (TPSA) is 64.5 Å². The second-order valence-corrected chi connectivity index (χ2v) is 27.5. The highest BCUT2D eigenvalue weighted by molar-refractivity contribution is 7.20.